The molecule has 1 saturated heterocycles. The zero-order valence-corrected chi connectivity index (χ0v) is 39.8. The number of thiazole rings is 1. The van der Waals surface area contributed by atoms with E-state index >= 15 is 0 Å². The number of carbonyl (C=O) groups excluding carboxylic acids is 3. The zero-order valence-electron chi connectivity index (χ0n) is 39.0. The minimum atomic E-state index is -0.548. The molecule has 0 aliphatic carbocycles. The first-order valence-corrected chi connectivity index (χ1v) is 22.2. The maximum atomic E-state index is 13.4. The number of amides is 2. The van der Waals surface area contributed by atoms with Crippen LogP contribution in [0.1, 0.15) is 101 Å². The lowest BCUT2D eigenvalue weighted by atomic mass is 9.75. The van der Waals surface area contributed by atoms with Crippen molar-refractivity contribution in [2.75, 3.05) is 45.2 Å². The highest BCUT2D eigenvalue weighted by molar-refractivity contribution is 7.14. The summed E-state index contributed by atoms with van der Waals surface area (Å²) in [5.41, 5.74) is 4.32. The topological polar surface area (TPSA) is 137 Å². The molecule has 3 aliphatic rings. The Hall–Kier alpha value is -5.52. The number of fused-ring (bicyclic) bond motifs is 1. The van der Waals surface area contributed by atoms with Crippen LogP contribution in [-0.2, 0) is 28.3 Å². The summed E-state index contributed by atoms with van der Waals surface area (Å²) in [6.07, 6.45) is 9.86. The van der Waals surface area contributed by atoms with Crippen LogP contribution in [0.2, 0.25) is 0 Å². The molecule has 1 aromatic carbocycles. The number of anilines is 2. The van der Waals surface area contributed by atoms with Crippen molar-refractivity contribution in [2.45, 2.75) is 112 Å². The van der Waals surface area contributed by atoms with Gasteiger partial charge in [0.1, 0.15) is 34.2 Å². The van der Waals surface area contributed by atoms with Gasteiger partial charge in [-0.2, -0.15) is 0 Å². The largest absolute Gasteiger partial charge is 0.490 e. The highest BCUT2D eigenvalue weighted by Gasteiger charge is 2.52. The highest BCUT2D eigenvalue weighted by atomic mass is 32.1. The molecule has 350 valence electrons. The minimum Gasteiger partial charge on any atom is -0.466 e. The predicted octanol–water partition coefficient (Wildman–Crippen LogP) is 10.4. The van der Waals surface area contributed by atoms with Crippen LogP contribution in [0.5, 0.6) is 0 Å². The van der Waals surface area contributed by atoms with Gasteiger partial charge in [-0.1, -0.05) is 19.6 Å². The van der Waals surface area contributed by atoms with Gasteiger partial charge in [0.15, 0.2) is 5.13 Å². The van der Waals surface area contributed by atoms with Crippen molar-refractivity contribution in [1.29, 1.82) is 0 Å². The number of hydrogen-bond acceptors (Lipinski definition) is 12. The van der Waals surface area contributed by atoms with Crippen molar-refractivity contribution >= 4 is 64.9 Å². The van der Waals surface area contributed by atoms with Crippen molar-refractivity contribution in [3.05, 3.63) is 88.8 Å². The van der Waals surface area contributed by atoms with E-state index < -0.39 is 17.2 Å². The van der Waals surface area contributed by atoms with E-state index in [2.05, 4.69) is 0 Å². The second-order valence-corrected chi connectivity index (χ2v) is 19.7. The molecule has 0 radical (unpaired) electrons. The third kappa shape index (κ3) is 12.4. The Balaban J connectivity index is 0.000000292. The number of nitrogens with zero attached hydrogens (tertiary/aromatic N) is 6. The van der Waals surface area contributed by atoms with Crippen LogP contribution in [0, 0.1) is 5.82 Å². The van der Waals surface area contributed by atoms with Crippen molar-refractivity contribution in [2.24, 2.45) is 0 Å². The highest BCUT2D eigenvalue weighted by Crippen LogP contribution is 2.40. The first-order chi connectivity index (χ1) is 29.9. The number of aromatic nitrogens is 3. The lowest BCUT2D eigenvalue weighted by Crippen LogP contribution is -2.41. The summed E-state index contributed by atoms with van der Waals surface area (Å²) in [6.45, 7) is 21.5. The van der Waals surface area contributed by atoms with Crippen LogP contribution in [-0.4, -0.2) is 112 Å². The molecule has 3 aromatic heterocycles. The van der Waals surface area contributed by atoms with Gasteiger partial charge in [0.05, 0.1) is 24.0 Å². The third-order valence-corrected chi connectivity index (χ3v) is 12.0. The number of imidazole rings is 1. The lowest BCUT2D eigenvalue weighted by molar-refractivity contribution is -0.134. The van der Waals surface area contributed by atoms with Crippen LogP contribution >= 0.6 is 11.3 Å². The van der Waals surface area contributed by atoms with Crippen LogP contribution in [0.3, 0.4) is 0 Å². The Bertz CT molecular complexity index is 2430. The number of halogens is 1. The quantitative estimate of drug-likeness (QED) is 0.0758. The van der Waals surface area contributed by atoms with Crippen molar-refractivity contribution < 1.29 is 42.3 Å². The van der Waals surface area contributed by atoms with Crippen LogP contribution < -0.4 is 4.90 Å². The Morgan fingerprint density at radius 1 is 0.846 bits per heavy atom. The second-order valence-electron chi connectivity index (χ2n) is 18.9. The van der Waals surface area contributed by atoms with E-state index in [0.29, 0.717) is 54.9 Å². The molecule has 0 spiro atoms. The summed E-state index contributed by atoms with van der Waals surface area (Å²) in [6, 6.07) is 10.1. The average Bonchev–Trinajstić information content (AvgIpc) is 3.92. The first kappa shape index (κ1) is 50.5. The number of ether oxygens (including phenoxy) is 3. The van der Waals surface area contributed by atoms with Gasteiger partial charge >= 0.3 is 25.3 Å². The average molecular weight is 915 g/mol. The SMILES string of the molecule is C.CC(C)(C)OC(=O)N1CC=C(B2OC(C)(C)C(C)(C)O2)CC1.COC(=O)/C=C/c1nc2ccc(C3=CCN(C(=O)OC(C)(C)C)CC3)cn2c1N(C)c1nc(-c2ccc(F)cc2)cs1. The maximum Gasteiger partial charge on any atom is 0.490 e. The monoisotopic (exact) mass is 914 g/mol. The number of esters is 1. The molecular weight excluding hydrogens is 850 g/mol. The summed E-state index contributed by atoms with van der Waals surface area (Å²) in [7, 11) is 2.90. The number of methoxy groups -OCH3 is 1. The van der Waals surface area contributed by atoms with E-state index in [-0.39, 0.29) is 43.8 Å². The summed E-state index contributed by atoms with van der Waals surface area (Å²) in [4.78, 5) is 51.4. The predicted molar refractivity (Wildman–Crippen MR) is 256 cm³/mol. The molecular formula is C48H64BFN6O8S. The Labute approximate surface area is 387 Å². The van der Waals surface area contributed by atoms with Gasteiger partial charge in [-0.3, -0.25) is 4.40 Å². The fraction of sp³-hybridized carbons (Fsp3) is 0.479. The van der Waals surface area contributed by atoms with E-state index in [1.54, 1.807) is 28.0 Å². The van der Waals surface area contributed by atoms with Gasteiger partial charge in [-0.05, 0) is 141 Å². The molecule has 7 rings (SSSR count). The molecule has 65 heavy (non-hydrogen) atoms. The first-order valence-electron chi connectivity index (χ1n) is 21.4. The normalized spacial score (nSPS) is 17.2. The summed E-state index contributed by atoms with van der Waals surface area (Å²) in [5, 5.41) is 2.61. The number of benzene rings is 1. The lowest BCUT2D eigenvalue weighted by Gasteiger charge is -2.32. The van der Waals surface area contributed by atoms with Gasteiger partial charge < -0.3 is 38.2 Å². The number of hydrogen-bond donors (Lipinski definition) is 0. The summed E-state index contributed by atoms with van der Waals surface area (Å²) in [5.74, 6) is -0.0876. The Kier molecular flexibility index (Phi) is 15.5. The van der Waals surface area contributed by atoms with E-state index in [0.717, 1.165) is 34.3 Å². The smallest absolute Gasteiger partial charge is 0.466 e. The fourth-order valence-corrected chi connectivity index (χ4v) is 7.77. The molecule has 0 atom stereocenters. The third-order valence-electron chi connectivity index (χ3n) is 11.1. The van der Waals surface area contributed by atoms with Gasteiger partial charge in [-0.25, -0.2) is 28.7 Å². The van der Waals surface area contributed by atoms with Gasteiger partial charge in [0, 0.05) is 56.4 Å². The fourth-order valence-electron chi connectivity index (χ4n) is 6.97. The summed E-state index contributed by atoms with van der Waals surface area (Å²) < 4.78 is 43.2. The standard InChI is InChI=1S/C31H32FN5O4S.C16H28BNO4.CH4/c1-31(2,3)41-30(39)36-16-14-20(15-17-36)22-8-12-26-33-24(11-13-27(38)40-5)28(37(26)18-22)35(4)29-34-25(19-42-29)21-6-9-23(32)10-7-21;1-14(2,3)20-13(19)18-10-8-12(9-11-18)17-21-15(4,5)16(6,7)22-17;/h6-14,18-19H,15-17H2,1-5H3;8H,9-11H2,1-7H3;1H4/b13-11+;;. The number of carbonyl (C=O) groups is 3. The molecule has 4 aromatic rings. The molecule has 0 bridgehead atoms. The molecule has 6 heterocycles. The van der Waals surface area contributed by atoms with Crippen molar-refractivity contribution in [1.82, 2.24) is 24.2 Å². The molecule has 17 heteroatoms. The van der Waals surface area contributed by atoms with E-state index in [9.17, 15) is 18.8 Å². The molecule has 14 nitrogen and oxygen atoms in total. The van der Waals surface area contributed by atoms with Gasteiger partial charge in [0.25, 0.3) is 0 Å². The number of rotatable bonds is 7. The van der Waals surface area contributed by atoms with Crippen molar-refractivity contribution in [3.8, 4) is 11.3 Å². The molecule has 3 aliphatic heterocycles. The Morgan fingerprint density at radius 2 is 1.42 bits per heavy atom. The molecule has 2 amide bonds. The molecule has 1 fully saturated rings. The minimum absolute atomic E-state index is 0. The van der Waals surface area contributed by atoms with Crippen LogP contribution in [0.25, 0.3) is 28.6 Å². The Morgan fingerprint density at radius 3 is 1.94 bits per heavy atom. The molecule has 0 saturated carbocycles. The van der Waals surface area contributed by atoms with E-state index in [1.165, 1.54) is 36.7 Å². The van der Waals surface area contributed by atoms with Crippen LogP contribution in [0.15, 0.2) is 71.7 Å². The second kappa shape index (κ2) is 19.9. The van der Waals surface area contributed by atoms with Crippen molar-refractivity contribution in [3.63, 3.8) is 0 Å². The van der Waals surface area contributed by atoms with E-state index in [1.807, 2.05) is 121 Å². The number of pyridine rings is 1. The van der Waals surface area contributed by atoms with Crippen LogP contribution in [0.4, 0.5) is 24.9 Å². The van der Waals surface area contributed by atoms with Gasteiger partial charge in [0.2, 0.25) is 0 Å². The molecule has 0 unspecified atom stereocenters. The van der Waals surface area contributed by atoms with Gasteiger partial charge in [-0.15, -0.1) is 11.3 Å². The van der Waals surface area contributed by atoms with E-state index in [4.69, 9.17) is 33.5 Å². The maximum absolute atomic E-state index is 13.4. The zero-order chi connectivity index (χ0) is 46.8. The molecule has 0 N–H and O–H groups in total. The summed E-state index contributed by atoms with van der Waals surface area (Å²) >= 11 is 1.44.